The molecule has 0 aliphatic carbocycles. The van der Waals surface area contributed by atoms with Gasteiger partial charge in [-0.25, -0.2) is 9.18 Å². The molecule has 7 heteroatoms. The minimum absolute atomic E-state index is 0.0132. The number of carboxylic acids is 1. The smallest absolute Gasteiger partial charge is 0.341 e. The first-order valence-corrected chi connectivity index (χ1v) is 8.34. The van der Waals surface area contributed by atoms with E-state index in [1.165, 1.54) is 12.1 Å². The fraction of sp³-hybridized carbons (Fsp3) is 0.200. The molecule has 0 aliphatic heterocycles. The largest absolute Gasteiger partial charge is 0.497 e. The molecule has 0 radical (unpaired) electrons. The highest BCUT2D eigenvalue weighted by molar-refractivity contribution is 5.96. The highest BCUT2D eigenvalue weighted by Crippen LogP contribution is 2.30. The van der Waals surface area contributed by atoms with Crippen molar-refractivity contribution in [1.29, 1.82) is 0 Å². The Kier molecular flexibility index (Phi) is 5.52. The summed E-state index contributed by atoms with van der Waals surface area (Å²) >= 11 is 0. The Morgan fingerprint density at radius 2 is 1.89 bits per heavy atom. The summed E-state index contributed by atoms with van der Waals surface area (Å²) in [7, 11) is 1.56. The second-order valence-electron chi connectivity index (χ2n) is 6.03. The molecule has 1 aromatic heterocycles. The number of hydrogen-bond acceptors (Lipinski definition) is 5. The summed E-state index contributed by atoms with van der Waals surface area (Å²) in [6.07, 6.45) is 0. The molecule has 0 bridgehead atoms. The molecule has 0 amide bonds. The molecule has 6 nitrogen and oxygen atoms in total. The lowest BCUT2D eigenvalue weighted by molar-refractivity contribution is 0.0694. The van der Waals surface area contributed by atoms with Crippen molar-refractivity contribution < 1.29 is 23.6 Å². The zero-order chi connectivity index (χ0) is 19.4. The summed E-state index contributed by atoms with van der Waals surface area (Å²) in [6, 6.07) is 12.6. The van der Waals surface area contributed by atoms with E-state index in [0.717, 1.165) is 5.56 Å². The number of halogens is 1. The van der Waals surface area contributed by atoms with Gasteiger partial charge in [0.15, 0.2) is 5.76 Å². The van der Waals surface area contributed by atoms with Crippen molar-refractivity contribution >= 4 is 5.97 Å². The van der Waals surface area contributed by atoms with Crippen molar-refractivity contribution in [1.82, 2.24) is 10.5 Å². The van der Waals surface area contributed by atoms with E-state index < -0.39 is 12.0 Å². The number of nitrogens with one attached hydrogen (secondary N) is 1. The summed E-state index contributed by atoms with van der Waals surface area (Å²) in [5.74, 6) is -0.532. The van der Waals surface area contributed by atoms with Gasteiger partial charge in [-0.05, 0) is 48.9 Å². The molecule has 27 heavy (non-hydrogen) atoms. The van der Waals surface area contributed by atoms with Crippen LogP contribution in [0.2, 0.25) is 0 Å². The van der Waals surface area contributed by atoms with E-state index in [9.17, 15) is 14.3 Å². The minimum atomic E-state index is -1.12. The SMILES string of the molecule is COc1ccc(-c2noc([C@@H](C)NCc3ccc(F)cc3)c2C(=O)O)cc1. The van der Waals surface area contributed by atoms with Crippen LogP contribution in [0.1, 0.15) is 34.6 Å². The van der Waals surface area contributed by atoms with Crippen molar-refractivity contribution in [3.8, 4) is 17.0 Å². The van der Waals surface area contributed by atoms with E-state index in [0.29, 0.717) is 17.9 Å². The number of benzene rings is 2. The number of methoxy groups -OCH3 is 1. The molecule has 0 unspecified atom stereocenters. The predicted molar refractivity (Wildman–Crippen MR) is 97.1 cm³/mol. The molecule has 1 atom stereocenters. The molecule has 3 rings (SSSR count). The van der Waals surface area contributed by atoms with Gasteiger partial charge in [0.05, 0.1) is 13.2 Å². The fourth-order valence-corrected chi connectivity index (χ4v) is 2.72. The van der Waals surface area contributed by atoms with Crippen molar-refractivity contribution in [3.63, 3.8) is 0 Å². The lowest BCUT2D eigenvalue weighted by Crippen LogP contribution is -2.19. The number of rotatable bonds is 7. The molecule has 0 saturated carbocycles. The molecule has 0 saturated heterocycles. The molecular formula is C20H19FN2O4. The monoisotopic (exact) mass is 370 g/mol. The van der Waals surface area contributed by atoms with E-state index >= 15 is 0 Å². The van der Waals surface area contributed by atoms with Crippen LogP contribution >= 0.6 is 0 Å². The molecule has 3 aromatic rings. The van der Waals surface area contributed by atoms with Gasteiger partial charge in [-0.1, -0.05) is 17.3 Å². The fourth-order valence-electron chi connectivity index (χ4n) is 2.72. The first-order chi connectivity index (χ1) is 13.0. The predicted octanol–water partition coefficient (Wildman–Crippen LogP) is 4.04. The Balaban J connectivity index is 1.83. The van der Waals surface area contributed by atoms with E-state index in [1.807, 2.05) is 0 Å². The lowest BCUT2D eigenvalue weighted by atomic mass is 10.0. The lowest BCUT2D eigenvalue weighted by Gasteiger charge is -2.12. The van der Waals surface area contributed by atoms with Crippen LogP contribution in [0.15, 0.2) is 53.1 Å². The van der Waals surface area contributed by atoms with Gasteiger partial charge in [-0.15, -0.1) is 0 Å². The van der Waals surface area contributed by atoms with Crippen LogP contribution in [0.4, 0.5) is 4.39 Å². The molecule has 1 heterocycles. The van der Waals surface area contributed by atoms with E-state index in [1.54, 1.807) is 50.4 Å². The molecule has 2 N–H and O–H groups in total. The first kappa shape index (κ1) is 18.6. The number of hydrogen-bond donors (Lipinski definition) is 2. The van der Waals surface area contributed by atoms with Crippen molar-refractivity contribution in [2.75, 3.05) is 7.11 Å². The first-order valence-electron chi connectivity index (χ1n) is 8.34. The van der Waals surface area contributed by atoms with Crippen LogP contribution in [0.3, 0.4) is 0 Å². The average molecular weight is 370 g/mol. The molecule has 0 fully saturated rings. The second-order valence-corrected chi connectivity index (χ2v) is 6.03. The zero-order valence-electron chi connectivity index (χ0n) is 14.9. The number of carbonyl (C=O) groups is 1. The molecule has 0 spiro atoms. The van der Waals surface area contributed by atoms with Gasteiger partial charge in [-0.3, -0.25) is 0 Å². The Labute approximate surface area is 155 Å². The van der Waals surface area contributed by atoms with E-state index in [-0.39, 0.29) is 22.8 Å². The number of aromatic carboxylic acids is 1. The van der Waals surface area contributed by atoms with Gasteiger partial charge in [0, 0.05) is 12.1 Å². The topological polar surface area (TPSA) is 84.6 Å². The zero-order valence-corrected chi connectivity index (χ0v) is 14.9. The summed E-state index contributed by atoms with van der Waals surface area (Å²) in [6.45, 7) is 2.22. The van der Waals surface area contributed by atoms with Gasteiger partial charge < -0.3 is 19.7 Å². The Hall–Kier alpha value is -3.19. The third-order valence-electron chi connectivity index (χ3n) is 4.21. The van der Waals surface area contributed by atoms with Crippen LogP contribution in [-0.4, -0.2) is 23.3 Å². The van der Waals surface area contributed by atoms with Gasteiger partial charge in [0.2, 0.25) is 0 Å². The highest BCUT2D eigenvalue weighted by atomic mass is 19.1. The van der Waals surface area contributed by atoms with Gasteiger partial charge in [0.1, 0.15) is 22.8 Å². The normalized spacial score (nSPS) is 12.0. The van der Waals surface area contributed by atoms with Gasteiger partial charge >= 0.3 is 5.97 Å². The Bertz CT molecular complexity index is 920. The van der Waals surface area contributed by atoms with Crippen LogP contribution in [0.5, 0.6) is 5.75 Å². The number of aromatic nitrogens is 1. The van der Waals surface area contributed by atoms with Crippen molar-refractivity contribution in [3.05, 3.63) is 71.2 Å². The van der Waals surface area contributed by atoms with Crippen LogP contribution in [-0.2, 0) is 6.54 Å². The van der Waals surface area contributed by atoms with Crippen molar-refractivity contribution in [2.24, 2.45) is 0 Å². The summed E-state index contributed by atoms with van der Waals surface area (Å²) in [5, 5.41) is 16.8. The van der Waals surface area contributed by atoms with Gasteiger partial charge in [-0.2, -0.15) is 0 Å². The minimum Gasteiger partial charge on any atom is -0.497 e. The molecule has 140 valence electrons. The van der Waals surface area contributed by atoms with Crippen molar-refractivity contribution in [2.45, 2.75) is 19.5 Å². The summed E-state index contributed by atoms with van der Waals surface area (Å²) < 4.78 is 23.5. The van der Waals surface area contributed by atoms with Crippen LogP contribution in [0, 0.1) is 5.82 Å². The Morgan fingerprint density at radius 1 is 1.22 bits per heavy atom. The van der Waals surface area contributed by atoms with E-state index in [4.69, 9.17) is 9.26 Å². The molecule has 0 aliphatic rings. The van der Waals surface area contributed by atoms with Crippen LogP contribution in [0.25, 0.3) is 11.3 Å². The quantitative estimate of drug-likeness (QED) is 0.653. The maximum atomic E-state index is 13.0. The van der Waals surface area contributed by atoms with E-state index in [2.05, 4.69) is 10.5 Å². The molecular weight excluding hydrogens is 351 g/mol. The van der Waals surface area contributed by atoms with Crippen LogP contribution < -0.4 is 10.1 Å². The number of ether oxygens (including phenoxy) is 1. The number of nitrogens with zero attached hydrogens (tertiary/aromatic N) is 1. The second kappa shape index (κ2) is 8.01. The number of carboxylic acid groups (broad SMARTS) is 1. The third-order valence-corrected chi connectivity index (χ3v) is 4.21. The molecule has 2 aromatic carbocycles. The average Bonchev–Trinajstić information content (AvgIpc) is 3.13. The maximum absolute atomic E-state index is 13.0. The maximum Gasteiger partial charge on any atom is 0.341 e. The summed E-state index contributed by atoms with van der Waals surface area (Å²) in [4.78, 5) is 11.8. The highest BCUT2D eigenvalue weighted by Gasteiger charge is 2.27. The van der Waals surface area contributed by atoms with Gasteiger partial charge in [0.25, 0.3) is 0 Å². The third kappa shape index (κ3) is 4.15. The standard InChI is InChI=1S/C20H19FN2O4/c1-12(22-11-13-3-7-15(21)8-4-13)19-17(20(24)25)18(23-27-19)14-5-9-16(26-2)10-6-14/h3-10,12,22H,11H2,1-2H3,(H,24,25)/t12-/m1/s1. The Morgan fingerprint density at radius 3 is 2.48 bits per heavy atom. The summed E-state index contributed by atoms with van der Waals surface area (Å²) in [5.41, 5.74) is 1.76.